The number of esters is 1. The van der Waals surface area contributed by atoms with E-state index in [9.17, 15) is 13.6 Å². The number of hydrogen-bond acceptors (Lipinski definition) is 4. The maximum absolute atomic E-state index is 12.8. The smallest absolute Gasteiger partial charge is 0.339 e. The van der Waals surface area contributed by atoms with E-state index in [0.29, 0.717) is 5.56 Å². The molecule has 6 heteroatoms. The van der Waals surface area contributed by atoms with Crippen molar-refractivity contribution in [2.75, 3.05) is 6.61 Å². The first-order valence-electron chi connectivity index (χ1n) is 5.27. The Bertz CT molecular complexity index is 496. The molecule has 0 amide bonds. The molecule has 0 heterocycles. The Balaban J connectivity index is 3.43. The summed E-state index contributed by atoms with van der Waals surface area (Å²) in [7, 11) is 0. The van der Waals surface area contributed by atoms with Crippen molar-refractivity contribution in [3.63, 3.8) is 0 Å². The van der Waals surface area contributed by atoms with Crippen LogP contribution in [0.2, 0.25) is 0 Å². The van der Waals surface area contributed by atoms with Gasteiger partial charge in [-0.05, 0) is 24.6 Å². The molecular weight excluding hydrogens is 242 g/mol. The maximum Gasteiger partial charge on any atom is 0.339 e. The third-order valence-corrected chi connectivity index (χ3v) is 2.31. The summed E-state index contributed by atoms with van der Waals surface area (Å²) in [5, 5.41) is 8.91. The number of nitrogens with two attached hydrogens (primary N) is 1. The minimum absolute atomic E-state index is 0.00215. The van der Waals surface area contributed by atoms with E-state index in [1.165, 1.54) is 6.07 Å². The highest BCUT2D eigenvalue weighted by Crippen LogP contribution is 2.27. The first-order valence-corrected chi connectivity index (χ1v) is 5.27. The summed E-state index contributed by atoms with van der Waals surface area (Å²) in [6, 6.07) is 4.05. The van der Waals surface area contributed by atoms with Crippen LogP contribution in [0.3, 0.4) is 0 Å². The molecule has 0 aliphatic carbocycles. The van der Waals surface area contributed by atoms with E-state index < -0.39 is 18.0 Å². The molecule has 1 aromatic carbocycles. The molecule has 0 atom stereocenters. The second-order valence-corrected chi connectivity index (χ2v) is 3.44. The molecule has 1 aromatic rings. The van der Waals surface area contributed by atoms with Gasteiger partial charge in [-0.1, -0.05) is 0 Å². The van der Waals surface area contributed by atoms with Crippen molar-refractivity contribution in [2.45, 2.75) is 19.9 Å². The van der Waals surface area contributed by atoms with Crippen LogP contribution in [0.4, 0.5) is 8.78 Å². The molecule has 2 N–H and O–H groups in total. The Labute approximate surface area is 103 Å². The average Bonchev–Trinajstić information content (AvgIpc) is 2.37. The van der Waals surface area contributed by atoms with Crippen molar-refractivity contribution in [3.8, 4) is 6.07 Å². The number of ether oxygens (including phenoxy) is 1. The summed E-state index contributed by atoms with van der Waals surface area (Å²) in [4.78, 5) is 11.6. The number of carbonyl (C=O) groups is 1. The predicted octanol–water partition coefficient (Wildman–Crippen LogP) is 2.13. The van der Waals surface area contributed by atoms with Crippen LogP contribution in [0.15, 0.2) is 12.1 Å². The van der Waals surface area contributed by atoms with Crippen molar-refractivity contribution in [2.24, 2.45) is 5.73 Å². The van der Waals surface area contributed by atoms with Gasteiger partial charge in [0.1, 0.15) is 6.07 Å². The predicted molar refractivity (Wildman–Crippen MR) is 60.0 cm³/mol. The van der Waals surface area contributed by atoms with E-state index >= 15 is 0 Å². The van der Waals surface area contributed by atoms with Crippen LogP contribution in [-0.2, 0) is 11.3 Å². The zero-order valence-electron chi connectivity index (χ0n) is 9.74. The first kappa shape index (κ1) is 14.1. The highest BCUT2D eigenvalue weighted by Gasteiger charge is 2.22. The summed E-state index contributed by atoms with van der Waals surface area (Å²) in [6.45, 7) is 1.68. The zero-order valence-corrected chi connectivity index (χ0v) is 9.74. The third-order valence-electron chi connectivity index (χ3n) is 2.31. The summed E-state index contributed by atoms with van der Waals surface area (Å²) < 4.78 is 30.4. The Kier molecular flexibility index (Phi) is 4.75. The largest absolute Gasteiger partial charge is 0.462 e. The van der Waals surface area contributed by atoms with E-state index in [2.05, 4.69) is 0 Å². The van der Waals surface area contributed by atoms with Crippen LogP contribution in [-0.4, -0.2) is 12.6 Å². The van der Waals surface area contributed by atoms with E-state index in [1.54, 1.807) is 13.0 Å². The van der Waals surface area contributed by atoms with E-state index in [1.807, 2.05) is 0 Å². The topological polar surface area (TPSA) is 76.1 Å². The fraction of sp³-hybridized carbons (Fsp3) is 0.333. The molecule has 0 aliphatic heterocycles. The average molecular weight is 254 g/mol. The Morgan fingerprint density at radius 3 is 2.67 bits per heavy atom. The maximum atomic E-state index is 12.8. The van der Waals surface area contributed by atoms with Crippen LogP contribution < -0.4 is 5.73 Å². The second kappa shape index (κ2) is 6.07. The Morgan fingerprint density at radius 1 is 1.56 bits per heavy atom. The molecule has 4 nitrogen and oxygen atoms in total. The minimum atomic E-state index is -2.85. The standard InChI is InChI=1S/C12H12F2N2O2/c1-2-18-12(17)9-4-7(5-15)3-8(11(13)14)10(9)6-16/h3-4,11H,2,5,15H2,1H3. The number of hydrogen-bond donors (Lipinski definition) is 1. The number of carbonyl (C=O) groups excluding carboxylic acids is 1. The number of nitriles is 1. The lowest BCUT2D eigenvalue weighted by Crippen LogP contribution is -2.11. The lowest BCUT2D eigenvalue weighted by atomic mass is 9.98. The number of halogens is 2. The molecule has 96 valence electrons. The molecule has 18 heavy (non-hydrogen) atoms. The van der Waals surface area contributed by atoms with Gasteiger partial charge in [-0.25, -0.2) is 13.6 Å². The van der Waals surface area contributed by atoms with Crippen LogP contribution >= 0.6 is 0 Å². The van der Waals surface area contributed by atoms with E-state index in [0.717, 1.165) is 6.07 Å². The Morgan fingerprint density at radius 2 is 2.22 bits per heavy atom. The van der Waals surface area contributed by atoms with Crippen LogP contribution in [0.1, 0.15) is 40.4 Å². The SMILES string of the molecule is CCOC(=O)c1cc(CN)cc(C(F)F)c1C#N. The molecule has 0 saturated carbocycles. The Hall–Kier alpha value is -2.00. The molecule has 0 saturated heterocycles. The molecular formula is C12H12F2N2O2. The quantitative estimate of drug-likeness (QED) is 0.835. The normalized spacial score (nSPS) is 10.2. The van der Waals surface area contributed by atoms with Gasteiger partial charge in [0.05, 0.1) is 17.7 Å². The molecule has 0 bridgehead atoms. The zero-order chi connectivity index (χ0) is 13.7. The van der Waals surface area contributed by atoms with Crippen molar-refractivity contribution < 1.29 is 18.3 Å². The highest BCUT2D eigenvalue weighted by atomic mass is 19.3. The fourth-order valence-electron chi connectivity index (χ4n) is 1.51. The summed E-state index contributed by atoms with van der Waals surface area (Å²) in [5.41, 5.74) is 4.70. The molecule has 0 aliphatic rings. The summed E-state index contributed by atoms with van der Waals surface area (Å²) in [6.07, 6.45) is -2.85. The van der Waals surface area contributed by atoms with Crippen LogP contribution in [0.5, 0.6) is 0 Å². The fourth-order valence-corrected chi connectivity index (χ4v) is 1.51. The summed E-state index contributed by atoms with van der Waals surface area (Å²) >= 11 is 0. The van der Waals surface area contributed by atoms with Gasteiger partial charge in [0, 0.05) is 12.1 Å². The van der Waals surface area contributed by atoms with Crippen LogP contribution in [0, 0.1) is 11.3 Å². The van der Waals surface area contributed by atoms with Gasteiger partial charge in [0.15, 0.2) is 0 Å². The lowest BCUT2D eigenvalue weighted by Gasteiger charge is -2.10. The number of benzene rings is 1. The molecule has 0 spiro atoms. The van der Waals surface area contributed by atoms with Gasteiger partial charge in [0.25, 0.3) is 6.43 Å². The molecule has 1 rings (SSSR count). The molecule has 0 unspecified atom stereocenters. The first-order chi connectivity index (χ1) is 8.54. The number of alkyl halides is 2. The van der Waals surface area contributed by atoms with Gasteiger partial charge in [0.2, 0.25) is 0 Å². The summed E-state index contributed by atoms with van der Waals surface area (Å²) in [5.74, 6) is -0.800. The van der Waals surface area contributed by atoms with E-state index in [4.69, 9.17) is 15.7 Å². The molecule has 0 radical (unpaired) electrons. The lowest BCUT2D eigenvalue weighted by molar-refractivity contribution is 0.0525. The number of rotatable bonds is 4. The van der Waals surface area contributed by atoms with Crippen molar-refractivity contribution in [1.29, 1.82) is 5.26 Å². The second-order valence-electron chi connectivity index (χ2n) is 3.44. The molecule has 0 fully saturated rings. The minimum Gasteiger partial charge on any atom is -0.462 e. The number of nitrogens with zero attached hydrogens (tertiary/aromatic N) is 1. The van der Waals surface area contributed by atoms with Gasteiger partial charge < -0.3 is 10.5 Å². The van der Waals surface area contributed by atoms with Gasteiger partial charge in [-0.3, -0.25) is 0 Å². The van der Waals surface area contributed by atoms with Gasteiger partial charge in [-0.15, -0.1) is 0 Å². The van der Waals surface area contributed by atoms with E-state index in [-0.39, 0.29) is 24.3 Å². The molecule has 0 aromatic heterocycles. The highest BCUT2D eigenvalue weighted by molar-refractivity contribution is 5.93. The van der Waals surface area contributed by atoms with Gasteiger partial charge >= 0.3 is 5.97 Å². The van der Waals surface area contributed by atoms with Crippen LogP contribution in [0.25, 0.3) is 0 Å². The van der Waals surface area contributed by atoms with Crippen molar-refractivity contribution in [3.05, 3.63) is 34.4 Å². The third kappa shape index (κ3) is 2.81. The monoisotopic (exact) mass is 254 g/mol. The van der Waals surface area contributed by atoms with Crippen molar-refractivity contribution in [1.82, 2.24) is 0 Å². The van der Waals surface area contributed by atoms with Gasteiger partial charge in [-0.2, -0.15) is 5.26 Å². The van der Waals surface area contributed by atoms with Crippen molar-refractivity contribution >= 4 is 5.97 Å².